The van der Waals surface area contributed by atoms with E-state index >= 15 is 0 Å². The van der Waals surface area contributed by atoms with Crippen molar-refractivity contribution in [3.05, 3.63) is 24.0 Å². The molecule has 10 heavy (non-hydrogen) atoms. The van der Waals surface area contributed by atoms with Gasteiger partial charge in [0.1, 0.15) is 0 Å². The summed E-state index contributed by atoms with van der Waals surface area (Å²) in [7, 11) is 0. The number of hydrogen-bond donors (Lipinski definition) is 1. The van der Waals surface area contributed by atoms with E-state index < -0.39 is 0 Å². The summed E-state index contributed by atoms with van der Waals surface area (Å²) in [5.41, 5.74) is 1.21. The van der Waals surface area contributed by atoms with Crippen molar-refractivity contribution >= 4 is 12.6 Å². The minimum Gasteiger partial charge on any atom is -0.264 e. The highest BCUT2D eigenvalue weighted by Gasteiger charge is 2.01. The molecule has 0 aliphatic rings. The lowest BCUT2D eigenvalue weighted by atomic mass is 10.1. The van der Waals surface area contributed by atoms with Gasteiger partial charge in [-0.3, -0.25) is 4.98 Å². The number of hydrogen-bond acceptors (Lipinski definition) is 2. The van der Waals surface area contributed by atoms with Gasteiger partial charge in [0.05, 0.1) is 0 Å². The van der Waals surface area contributed by atoms with E-state index in [1.165, 1.54) is 5.56 Å². The summed E-state index contributed by atoms with van der Waals surface area (Å²) in [5.74, 6) is 0.515. The summed E-state index contributed by atoms with van der Waals surface area (Å²) in [5, 5.41) is 0. The van der Waals surface area contributed by atoms with Crippen molar-refractivity contribution < 1.29 is 0 Å². The second-order valence-corrected chi connectivity index (χ2v) is 3.07. The molecule has 0 amide bonds. The van der Waals surface area contributed by atoms with Crippen molar-refractivity contribution in [1.29, 1.82) is 0 Å². The van der Waals surface area contributed by atoms with Crippen LogP contribution in [-0.2, 0) is 0 Å². The molecule has 1 aromatic rings. The third-order valence-corrected chi connectivity index (χ3v) is 1.86. The fraction of sp³-hybridized carbons (Fsp3) is 0.375. The Morgan fingerprint density at radius 2 is 2.20 bits per heavy atom. The lowest BCUT2D eigenvalue weighted by molar-refractivity contribution is 0.833. The monoisotopic (exact) mass is 153 g/mol. The lowest BCUT2D eigenvalue weighted by Gasteiger charge is -2.05. The van der Waals surface area contributed by atoms with Crippen LogP contribution in [0, 0.1) is 0 Å². The third kappa shape index (κ3) is 1.51. The average molecular weight is 153 g/mol. The third-order valence-electron chi connectivity index (χ3n) is 1.45. The molecule has 0 aromatic carbocycles. The Hall–Kier alpha value is -0.500. The van der Waals surface area contributed by atoms with Gasteiger partial charge in [0, 0.05) is 17.3 Å². The highest BCUT2D eigenvalue weighted by molar-refractivity contribution is 7.80. The number of rotatable bonds is 1. The molecule has 0 bridgehead atoms. The smallest absolute Gasteiger partial charge is 0.0313 e. The van der Waals surface area contributed by atoms with Crippen molar-refractivity contribution in [2.75, 3.05) is 0 Å². The maximum absolute atomic E-state index is 4.30. The molecule has 0 spiro atoms. The maximum Gasteiger partial charge on any atom is 0.0313 e. The van der Waals surface area contributed by atoms with Crippen LogP contribution in [0.4, 0.5) is 0 Å². The van der Waals surface area contributed by atoms with E-state index in [0.29, 0.717) is 5.92 Å². The second kappa shape index (κ2) is 3.06. The van der Waals surface area contributed by atoms with Crippen molar-refractivity contribution in [3.63, 3.8) is 0 Å². The van der Waals surface area contributed by atoms with Crippen molar-refractivity contribution in [3.8, 4) is 0 Å². The molecule has 1 nitrogen and oxygen atoms in total. The molecule has 1 rings (SSSR count). The van der Waals surface area contributed by atoms with Crippen LogP contribution in [0.3, 0.4) is 0 Å². The number of pyridine rings is 1. The molecule has 0 fully saturated rings. The van der Waals surface area contributed by atoms with Gasteiger partial charge >= 0.3 is 0 Å². The normalized spacial score (nSPS) is 10.4. The zero-order valence-corrected chi connectivity index (χ0v) is 7.10. The topological polar surface area (TPSA) is 12.9 Å². The van der Waals surface area contributed by atoms with Crippen molar-refractivity contribution in [2.45, 2.75) is 24.7 Å². The fourth-order valence-corrected chi connectivity index (χ4v) is 1.23. The minimum atomic E-state index is 0.515. The summed E-state index contributed by atoms with van der Waals surface area (Å²) in [6.45, 7) is 4.27. The van der Waals surface area contributed by atoms with Gasteiger partial charge in [-0.15, -0.1) is 12.6 Å². The van der Waals surface area contributed by atoms with Crippen LogP contribution < -0.4 is 0 Å². The van der Waals surface area contributed by atoms with Gasteiger partial charge in [0.25, 0.3) is 0 Å². The first-order valence-electron chi connectivity index (χ1n) is 3.34. The van der Waals surface area contributed by atoms with Gasteiger partial charge in [-0.25, -0.2) is 0 Å². The number of thiol groups is 1. The van der Waals surface area contributed by atoms with Gasteiger partial charge in [0.2, 0.25) is 0 Å². The van der Waals surface area contributed by atoms with Crippen LogP contribution in [0.25, 0.3) is 0 Å². The highest BCUT2D eigenvalue weighted by Crippen LogP contribution is 2.20. The van der Waals surface area contributed by atoms with Crippen LogP contribution in [0.1, 0.15) is 25.3 Å². The lowest BCUT2D eigenvalue weighted by Crippen LogP contribution is -1.89. The maximum atomic E-state index is 4.30. The Morgan fingerprint density at radius 3 is 2.60 bits per heavy atom. The first-order valence-corrected chi connectivity index (χ1v) is 3.79. The van der Waals surface area contributed by atoms with Crippen LogP contribution >= 0.6 is 12.6 Å². The van der Waals surface area contributed by atoms with E-state index in [-0.39, 0.29) is 0 Å². The first-order chi connectivity index (χ1) is 4.72. The molecule has 0 radical (unpaired) electrons. The summed E-state index contributed by atoms with van der Waals surface area (Å²) in [6.07, 6.45) is 3.63. The van der Waals surface area contributed by atoms with Gasteiger partial charge in [-0.2, -0.15) is 0 Å². The van der Waals surface area contributed by atoms with Gasteiger partial charge in [0.15, 0.2) is 0 Å². The quantitative estimate of drug-likeness (QED) is 0.612. The summed E-state index contributed by atoms with van der Waals surface area (Å²) >= 11 is 4.30. The molecule has 54 valence electrons. The molecule has 0 N–H and O–H groups in total. The molecule has 0 atom stereocenters. The molecule has 0 saturated heterocycles. The second-order valence-electron chi connectivity index (χ2n) is 2.59. The molecule has 0 saturated carbocycles. The van der Waals surface area contributed by atoms with Crippen LogP contribution in [0.2, 0.25) is 0 Å². The van der Waals surface area contributed by atoms with E-state index in [1.807, 2.05) is 12.3 Å². The fourth-order valence-electron chi connectivity index (χ4n) is 0.844. The van der Waals surface area contributed by atoms with E-state index in [0.717, 1.165) is 4.90 Å². The van der Waals surface area contributed by atoms with E-state index in [1.54, 1.807) is 6.20 Å². The zero-order valence-electron chi connectivity index (χ0n) is 6.20. The average Bonchev–Trinajstić information content (AvgIpc) is 1.88. The Bertz CT molecular complexity index is 220. The Labute approximate surface area is 66.9 Å². The summed E-state index contributed by atoms with van der Waals surface area (Å²) < 4.78 is 0. The minimum absolute atomic E-state index is 0.515. The van der Waals surface area contributed by atoms with E-state index in [4.69, 9.17) is 0 Å². The zero-order chi connectivity index (χ0) is 7.56. The van der Waals surface area contributed by atoms with Crippen LogP contribution in [-0.4, -0.2) is 4.98 Å². The standard InChI is InChI=1S/C8H11NS/c1-6(2)7-5-9-4-3-8(7)10/h3-6H,1-2H3,(H,9,10). The van der Waals surface area contributed by atoms with E-state index in [9.17, 15) is 0 Å². The molecule has 2 heteroatoms. The number of aromatic nitrogens is 1. The first kappa shape index (κ1) is 7.61. The summed E-state index contributed by atoms with van der Waals surface area (Å²) in [4.78, 5) is 5.05. The van der Waals surface area contributed by atoms with E-state index in [2.05, 4.69) is 31.5 Å². The van der Waals surface area contributed by atoms with Crippen molar-refractivity contribution in [1.82, 2.24) is 4.98 Å². The van der Waals surface area contributed by atoms with Crippen LogP contribution in [0.15, 0.2) is 23.4 Å². The Morgan fingerprint density at radius 1 is 1.50 bits per heavy atom. The highest BCUT2D eigenvalue weighted by atomic mass is 32.1. The molecular formula is C8H11NS. The van der Waals surface area contributed by atoms with Gasteiger partial charge < -0.3 is 0 Å². The molecule has 0 aliphatic heterocycles. The predicted octanol–water partition coefficient (Wildman–Crippen LogP) is 2.49. The molecule has 1 aromatic heterocycles. The molecule has 0 aliphatic carbocycles. The Kier molecular flexibility index (Phi) is 2.33. The molecule has 0 unspecified atom stereocenters. The molecule has 1 heterocycles. The van der Waals surface area contributed by atoms with Crippen molar-refractivity contribution in [2.24, 2.45) is 0 Å². The van der Waals surface area contributed by atoms with Gasteiger partial charge in [-0.05, 0) is 17.5 Å². The Balaban J connectivity index is 3.03. The van der Waals surface area contributed by atoms with Crippen LogP contribution in [0.5, 0.6) is 0 Å². The molecular weight excluding hydrogens is 142 g/mol. The van der Waals surface area contributed by atoms with Gasteiger partial charge in [-0.1, -0.05) is 13.8 Å². The predicted molar refractivity (Wildman–Crippen MR) is 45.6 cm³/mol. The summed E-state index contributed by atoms with van der Waals surface area (Å²) in [6, 6.07) is 1.92. The number of nitrogens with zero attached hydrogens (tertiary/aromatic N) is 1. The largest absolute Gasteiger partial charge is 0.264 e. The SMILES string of the molecule is CC(C)c1cnccc1S.